The number of Topliss-reactive ketones (excluding diaryl/α,β-unsaturated/α-hetero) is 1. The number of nitrogens with two attached hydrogens (primary N) is 1. The van der Waals surface area contributed by atoms with Crippen molar-refractivity contribution in [1.82, 2.24) is 25.2 Å². The van der Waals surface area contributed by atoms with Crippen LogP contribution in [0.15, 0.2) is 0 Å². The van der Waals surface area contributed by atoms with Crippen LogP contribution < -0.4 is 21.7 Å². The summed E-state index contributed by atoms with van der Waals surface area (Å²) in [5.41, 5.74) is 4.45. The fourth-order valence-corrected chi connectivity index (χ4v) is 8.03. The van der Waals surface area contributed by atoms with Crippen molar-refractivity contribution < 1.29 is 28.5 Å². The van der Waals surface area contributed by atoms with Gasteiger partial charge in [-0.25, -0.2) is 4.79 Å². The number of hydrogen-bond acceptors (Lipinski definition) is 7. The highest BCUT2D eigenvalue weighted by atomic mass is 32.2. The molecule has 3 saturated carbocycles. The van der Waals surface area contributed by atoms with E-state index in [-0.39, 0.29) is 40.5 Å². The molecule has 7 atom stereocenters. The van der Waals surface area contributed by atoms with Gasteiger partial charge in [-0.15, -0.1) is 4.31 Å². The first-order chi connectivity index (χ1) is 21.2. The van der Waals surface area contributed by atoms with E-state index in [9.17, 15) is 28.5 Å². The van der Waals surface area contributed by atoms with E-state index in [1.54, 1.807) is 22.5 Å². The Morgan fingerprint density at radius 1 is 0.978 bits per heavy atom. The van der Waals surface area contributed by atoms with Gasteiger partial charge in [0.25, 0.3) is 5.91 Å². The molecular weight excluding hydrogens is 608 g/mol. The van der Waals surface area contributed by atoms with Crippen LogP contribution in [-0.4, -0.2) is 93.9 Å². The minimum absolute atomic E-state index is 0.0651. The summed E-state index contributed by atoms with van der Waals surface area (Å²) in [6.07, 6.45) is 8.81. The zero-order valence-corrected chi connectivity index (χ0v) is 29.8. The van der Waals surface area contributed by atoms with Crippen LogP contribution in [0.4, 0.5) is 4.79 Å². The average molecular weight is 665 g/mol. The largest absolute Gasteiger partial charge is 0.598 e. The number of urea groups is 1. The number of primary amides is 1. The predicted molar refractivity (Wildman–Crippen MR) is 176 cm³/mol. The molecule has 1 heterocycles. The van der Waals surface area contributed by atoms with Crippen molar-refractivity contribution in [2.24, 2.45) is 39.7 Å². The second kappa shape index (κ2) is 13.6. The van der Waals surface area contributed by atoms with E-state index >= 15 is 0 Å². The zero-order chi connectivity index (χ0) is 34.4. The van der Waals surface area contributed by atoms with Crippen molar-refractivity contribution in [2.75, 3.05) is 26.4 Å². The summed E-state index contributed by atoms with van der Waals surface area (Å²) in [7, 11) is 1.73. The Labute approximate surface area is 277 Å². The van der Waals surface area contributed by atoms with Crippen LogP contribution in [0.1, 0.15) is 92.9 Å². The van der Waals surface area contributed by atoms with Crippen LogP contribution in [0.25, 0.3) is 0 Å². The molecule has 0 bridgehead atoms. The molecule has 0 aromatic heterocycles. The van der Waals surface area contributed by atoms with E-state index in [2.05, 4.69) is 16.0 Å². The third-order valence-corrected chi connectivity index (χ3v) is 12.2. The molecule has 260 valence electrons. The van der Waals surface area contributed by atoms with Crippen LogP contribution in [0.5, 0.6) is 0 Å². The lowest BCUT2D eigenvalue weighted by atomic mass is 9.80. The Hall–Kier alpha value is -2.38. The van der Waals surface area contributed by atoms with Crippen molar-refractivity contribution in [1.29, 1.82) is 0 Å². The molecule has 0 aromatic rings. The van der Waals surface area contributed by atoms with Crippen LogP contribution in [-0.2, 0) is 30.5 Å². The summed E-state index contributed by atoms with van der Waals surface area (Å²) in [5, 5.41) is 8.80. The topological polar surface area (TPSA) is 177 Å². The number of likely N-dealkylation sites (N-methyl/N-ethyl adjacent to an activating group) is 1. The molecule has 4 rings (SSSR count). The summed E-state index contributed by atoms with van der Waals surface area (Å²) in [4.78, 5) is 68.5. The standard InChI is InChI=1S/C33H56N6O6S/c1-31(2,3)23(18-38(7)46(8)45)36-30(44)37-26(32(4,5)6)29(43)39-17-21-20(12-13-33(21)14-15-33)24(39)28(42)35-22(25(40)27(34)41)16-19-10-9-11-19/h19-24,26H,9-18H2,1-8H3,(H2,34,41)(H,35,42)(H2,36,37,44)/t20-,21-,22?,23+,24-,26+,46?/m0/s1. The quantitative estimate of drug-likeness (QED) is 0.182. The van der Waals surface area contributed by atoms with E-state index < -0.39 is 58.5 Å². The molecule has 4 aliphatic rings. The van der Waals surface area contributed by atoms with Crippen molar-refractivity contribution in [3.05, 3.63) is 0 Å². The van der Waals surface area contributed by atoms with E-state index in [4.69, 9.17) is 5.73 Å². The number of likely N-dealkylation sites (tertiary alicyclic amines) is 1. The highest BCUT2D eigenvalue weighted by Crippen LogP contribution is 2.66. The monoisotopic (exact) mass is 664 g/mol. The number of amides is 5. The smallest absolute Gasteiger partial charge is 0.315 e. The summed E-state index contributed by atoms with van der Waals surface area (Å²) in [6.45, 7) is 12.3. The van der Waals surface area contributed by atoms with Gasteiger partial charge in [0, 0.05) is 25.0 Å². The number of nitrogens with one attached hydrogen (secondary N) is 3. The minimum Gasteiger partial charge on any atom is -0.598 e. The first kappa shape index (κ1) is 36.5. The van der Waals surface area contributed by atoms with Gasteiger partial charge in [-0.05, 0) is 66.1 Å². The minimum atomic E-state index is -1.22. The van der Waals surface area contributed by atoms with Gasteiger partial charge in [0.1, 0.15) is 18.3 Å². The van der Waals surface area contributed by atoms with Crippen molar-refractivity contribution in [3.63, 3.8) is 0 Å². The Kier molecular flexibility index (Phi) is 10.8. The second-order valence-corrected chi connectivity index (χ2v) is 18.0. The maximum absolute atomic E-state index is 14.5. The first-order valence-corrected chi connectivity index (χ1v) is 18.3. The van der Waals surface area contributed by atoms with Crippen LogP contribution in [0.2, 0.25) is 0 Å². The lowest BCUT2D eigenvalue weighted by Crippen LogP contribution is -2.62. The molecule has 0 aromatic carbocycles. The highest BCUT2D eigenvalue weighted by Gasteiger charge is 2.64. The van der Waals surface area contributed by atoms with Crippen molar-refractivity contribution in [3.8, 4) is 0 Å². The maximum Gasteiger partial charge on any atom is 0.315 e. The van der Waals surface area contributed by atoms with Crippen molar-refractivity contribution in [2.45, 2.75) is 117 Å². The molecule has 5 amide bonds. The molecule has 46 heavy (non-hydrogen) atoms. The van der Waals surface area contributed by atoms with E-state index in [1.807, 2.05) is 41.5 Å². The van der Waals surface area contributed by atoms with Gasteiger partial charge < -0.3 is 31.1 Å². The van der Waals surface area contributed by atoms with Crippen LogP contribution >= 0.6 is 0 Å². The number of rotatable bonds is 12. The molecule has 1 aliphatic heterocycles. The van der Waals surface area contributed by atoms with Gasteiger partial charge in [-0.3, -0.25) is 19.2 Å². The Morgan fingerprint density at radius 3 is 2.09 bits per heavy atom. The lowest BCUT2D eigenvalue weighted by Gasteiger charge is -2.38. The molecule has 12 nitrogen and oxygen atoms in total. The Balaban J connectivity index is 1.57. The number of nitrogens with zero attached hydrogens (tertiary/aromatic N) is 2. The number of fused-ring (bicyclic) bond motifs is 2. The van der Waals surface area contributed by atoms with Crippen molar-refractivity contribution >= 4 is 40.9 Å². The number of hydrogen-bond donors (Lipinski definition) is 4. The third-order valence-electron chi connectivity index (χ3n) is 11.1. The molecule has 4 fully saturated rings. The summed E-state index contributed by atoms with van der Waals surface area (Å²) < 4.78 is 13.7. The fraction of sp³-hybridized carbons (Fsp3) is 0.848. The molecule has 2 unspecified atom stereocenters. The number of carbonyl (C=O) groups excluding carboxylic acids is 5. The summed E-state index contributed by atoms with van der Waals surface area (Å²) in [5.74, 6) is -2.33. The number of carbonyl (C=O) groups is 5. The third kappa shape index (κ3) is 8.01. The highest BCUT2D eigenvalue weighted by molar-refractivity contribution is 7.88. The zero-order valence-electron chi connectivity index (χ0n) is 28.9. The second-order valence-electron chi connectivity index (χ2n) is 16.5. The average Bonchev–Trinajstić information content (AvgIpc) is 3.48. The van der Waals surface area contributed by atoms with Gasteiger partial charge in [-0.1, -0.05) is 60.8 Å². The maximum atomic E-state index is 14.5. The SMILES string of the molecule is CN(C[C@@H](NC(=O)N[C@H](C(=O)N1C[C@H]2[C@H](CCC23CC3)[C@H]1C(=O)NC(CC1CCC1)C(=O)C(N)=O)C(C)(C)C)C(C)(C)C)[S+](C)[O-]. The first-order valence-electron chi connectivity index (χ1n) is 16.8. The normalized spacial score (nSPS) is 26.5. The van der Waals surface area contributed by atoms with Gasteiger partial charge in [0.2, 0.25) is 17.6 Å². The Morgan fingerprint density at radius 2 is 1.61 bits per heavy atom. The summed E-state index contributed by atoms with van der Waals surface area (Å²) in [6, 6.07) is -3.67. The van der Waals surface area contributed by atoms with E-state index in [0.717, 1.165) is 44.9 Å². The lowest BCUT2D eigenvalue weighted by molar-refractivity contribution is -0.144. The molecule has 0 radical (unpaired) electrons. The van der Waals surface area contributed by atoms with E-state index in [0.29, 0.717) is 19.5 Å². The van der Waals surface area contributed by atoms with Gasteiger partial charge >= 0.3 is 6.03 Å². The molecule has 5 N–H and O–H groups in total. The molecule has 1 saturated heterocycles. The van der Waals surface area contributed by atoms with Crippen LogP contribution in [0.3, 0.4) is 0 Å². The molecule has 13 heteroatoms. The summed E-state index contributed by atoms with van der Waals surface area (Å²) >= 11 is -1.22. The van der Waals surface area contributed by atoms with Gasteiger partial charge in [-0.2, -0.15) is 0 Å². The fourth-order valence-electron chi connectivity index (χ4n) is 7.67. The number of ketones is 1. The van der Waals surface area contributed by atoms with E-state index in [1.165, 1.54) is 0 Å². The molecule has 1 spiro atoms. The molecular formula is C33H56N6O6S. The van der Waals surface area contributed by atoms with Gasteiger partial charge in [0.15, 0.2) is 0 Å². The Bertz CT molecular complexity index is 1190. The molecule has 3 aliphatic carbocycles. The van der Waals surface area contributed by atoms with Gasteiger partial charge in [0.05, 0.1) is 18.6 Å². The van der Waals surface area contributed by atoms with Crippen LogP contribution in [0, 0.1) is 34.0 Å². The predicted octanol–water partition coefficient (Wildman–Crippen LogP) is 2.09.